The Bertz CT molecular complexity index is 943. The molecule has 3 aromatic rings. The Morgan fingerprint density at radius 1 is 0.742 bits per heavy atom. The van der Waals surface area contributed by atoms with Gasteiger partial charge in [0, 0.05) is 29.5 Å². The van der Waals surface area contributed by atoms with Gasteiger partial charge in [0.25, 0.3) is 0 Å². The van der Waals surface area contributed by atoms with E-state index in [1.165, 1.54) is 40.9 Å². The highest BCUT2D eigenvalue weighted by Gasteiger charge is 2.29. The minimum atomic E-state index is -6.00. The van der Waals surface area contributed by atoms with Crippen molar-refractivity contribution in [2.45, 2.75) is 52.5 Å². The Hall–Kier alpha value is -2.63. The third-order valence-corrected chi connectivity index (χ3v) is 4.85. The van der Waals surface area contributed by atoms with Gasteiger partial charge in [0.15, 0.2) is 5.69 Å². The molecule has 3 rings (SSSR count). The van der Waals surface area contributed by atoms with E-state index in [4.69, 9.17) is 0 Å². The minimum absolute atomic E-state index is 0.0854. The summed E-state index contributed by atoms with van der Waals surface area (Å²) in [4.78, 5) is 0. The highest BCUT2D eigenvalue weighted by atomic mass is 19.5. The fraction of sp³-hybridized carbons (Fsp3) is 0.320. The van der Waals surface area contributed by atoms with Gasteiger partial charge in [0.2, 0.25) is 5.69 Å². The van der Waals surface area contributed by atoms with Gasteiger partial charge < -0.3 is 17.3 Å². The molecule has 0 spiro atoms. The summed E-state index contributed by atoms with van der Waals surface area (Å²) in [5.74, 6) is 0. The van der Waals surface area contributed by atoms with Gasteiger partial charge in [-0.2, -0.15) is 4.57 Å². The standard InChI is InChI=1S/C25H30N.BF4/c1-5-6-17-26-23(21-15-11-8-12-16-21)18-22(19-24(26)25(2,3)4)20-13-9-7-10-14-20;2-1(3,4)5/h7-16,18-19H,5-6,17H2,1-4H3;/q+1;-1. The Balaban J connectivity index is 0.000000614. The van der Waals surface area contributed by atoms with Crippen molar-refractivity contribution in [3.05, 3.63) is 78.5 Å². The van der Waals surface area contributed by atoms with E-state index in [0.29, 0.717) is 0 Å². The molecule has 0 unspecified atom stereocenters. The molecule has 0 saturated heterocycles. The van der Waals surface area contributed by atoms with Gasteiger partial charge in [0.1, 0.15) is 6.54 Å². The van der Waals surface area contributed by atoms with Crippen LogP contribution in [-0.4, -0.2) is 7.25 Å². The van der Waals surface area contributed by atoms with Crippen LogP contribution < -0.4 is 4.57 Å². The Kier molecular flexibility index (Phi) is 8.43. The van der Waals surface area contributed by atoms with Crippen molar-refractivity contribution in [3.63, 3.8) is 0 Å². The summed E-state index contributed by atoms with van der Waals surface area (Å²) >= 11 is 0. The molecule has 166 valence electrons. The van der Waals surface area contributed by atoms with E-state index < -0.39 is 7.25 Å². The van der Waals surface area contributed by atoms with E-state index in [9.17, 15) is 17.3 Å². The highest BCUT2D eigenvalue weighted by molar-refractivity contribution is 6.50. The van der Waals surface area contributed by atoms with Crippen molar-refractivity contribution in [3.8, 4) is 22.4 Å². The number of nitrogens with zero attached hydrogens (tertiary/aromatic N) is 1. The van der Waals surface area contributed by atoms with E-state index >= 15 is 0 Å². The predicted octanol–water partition coefficient (Wildman–Crippen LogP) is 7.71. The van der Waals surface area contributed by atoms with E-state index in [-0.39, 0.29) is 5.41 Å². The zero-order valence-corrected chi connectivity index (χ0v) is 18.6. The van der Waals surface area contributed by atoms with E-state index in [1.54, 1.807) is 0 Å². The molecular weight excluding hydrogens is 401 g/mol. The summed E-state index contributed by atoms with van der Waals surface area (Å²) in [5, 5.41) is 0. The Morgan fingerprint density at radius 3 is 1.68 bits per heavy atom. The first-order valence-corrected chi connectivity index (χ1v) is 10.6. The number of benzene rings is 2. The van der Waals surface area contributed by atoms with Crippen molar-refractivity contribution < 1.29 is 21.8 Å². The lowest BCUT2D eigenvalue weighted by molar-refractivity contribution is -0.697. The Morgan fingerprint density at radius 2 is 1.23 bits per heavy atom. The molecule has 1 aromatic heterocycles. The maximum absolute atomic E-state index is 9.75. The van der Waals surface area contributed by atoms with Crippen LogP contribution in [0.5, 0.6) is 0 Å². The largest absolute Gasteiger partial charge is 0.673 e. The SMILES string of the molecule is CCCC[n+]1c(-c2ccccc2)cc(-c2ccccc2)cc1C(C)(C)C.F[B-](F)(F)F. The molecule has 0 saturated carbocycles. The molecule has 0 aliphatic heterocycles. The third kappa shape index (κ3) is 7.85. The molecule has 31 heavy (non-hydrogen) atoms. The number of halogens is 4. The lowest BCUT2D eigenvalue weighted by Gasteiger charge is -2.20. The van der Waals surface area contributed by atoms with Crippen molar-refractivity contribution in [1.82, 2.24) is 0 Å². The molecule has 0 amide bonds. The second kappa shape index (κ2) is 10.6. The lowest BCUT2D eigenvalue weighted by Crippen LogP contribution is -2.45. The molecular formula is C25H30BF4N. The van der Waals surface area contributed by atoms with Crippen molar-refractivity contribution in [1.29, 1.82) is 0 Å². The zero-order chi connectivity index (χ0) is 23.1. The summed E-state index contributed by atoms with van der Waals surface area (Å²) in [6.07, 6.45) is 2.39. The van der Waals surface area contributed by atoms with Gasteiger partial charge in [-0.05, 0) is 23.3 Å². The van der Waals surface area contributed by atoms with Crippen LogP contribution in [0.2, 0.25) is 0 Å². The van der Waals surface area contributed by atoms with Crippen molar-refractivity contribution in [2.24, 2.45) is 0 Å². The van der Waals surface area contributed by atoms with E-state index in [1.807, 2.05) is 0 Å². The average molecular weight is 431 g/mol. The summed E-state index contributed by atoms with van der Waals surface area (Å²) in [5.41, 5.74) is 6.64. The van der Waals surface area contributed by atoms with Crippen LogP contribution in [0, 0.1) is 0 Å². The third-order valence-electron chi connectivity index (χ3n) is 4.85. The van der Waals surface area contributed by atoms with Gasteiger partial charge in [-0.25, -0.2) is 0 Å². The van der Waals surface area contributed by atoms with Crippen LogP contribution in [0.3, 0.4) is 0 Å². The topological polar surface area (TPSA) is 3.88 Å². The highest BCUT2D eigenvalue weighted by Crippen LogP contribution is 2.30. The second-order valence-electron chi connectivity index (χ2n) is 8.50. The summed E-state index contributed by atoms with van der Waals surface area (Å²) in [6, 6.07) is 26.3. The Labute approximate surface area is 182 Å². The molecule has 6 heteroatoms. The van der Waals surface area contributed by atoms with Crippen molar-refractivity contribution in [2.75, 3.05) is 0 Å². The average Bonchev–Trinajstić information content (AvgIpc) is 2.71. The quantitative estimate of drug-likeness (QED) is 0.221. The number of aromatic nitrogens is 1. The van der Waals surface area contributed by atoms with Crippen molar-refractivity contribution >= 4 is 7.25 Å². The number of hydrogen-bond donors (Lipinski definition) is 0. The maximum atomic E-state index is 9.75. The molecule has 1 nitrogen and oxygen atoms in total. The predicted molar refractivity (Wildman–Crippen MR) is 121 cm³/mol. The van der Waals surface area contributed by atoms with Crippen LogP contribution >= 0.6 is 0 Å². The van der Waals surface area contributed by atoms with Gasteiger partial charge in [0.05, 0.1) is 0 Å². The molecule has 0 N–H and O–H groups in total. The van der Waals surface area contributed by atoms with Crippen LogP contribution in [-0.2, 0) is 12.0 Å². The molecule has 0 aliphatic carbocycles. The van der Waals surface area contributed by atoms with Crippen LogP contribution in [0.4, 0.5) is 17.3 Å². The van der Waals surface area contributed by atoms with Gasteiger partial charge in [-0.3, -0.25) is 0 Å². The fourth-order valence-electron chi connectivity index (χ4n) is 3.45. The summed E-state index contributed by atoms with van der Waals surface area (Å²) in [7, 11) is -6.00. The molecule has 1 heterocycles. The maximum Gasteiger partial charge on any atom is 0.673 e. The monoisotopic (exact) mass is 431 g/mol. The second-order valence-corrected chi connectivity index (χ2v) is 8.50. The first-order valence-electron chi connectivity index (χ1n) is 10.6. The summed E-state index contributed by atoms with van der Waals surface area (Å²) in [6.45, 7) is 10.3. The van der Waals surface area contributed by atoms with Gasteiger partial charge >= 0.3 is 7.25 Å². The molecule has 2 aromatic carbocycles. The number of hydrogen-bond acceptors (Lipinski definition) is 0. The number of rotatable bonds is 5. The fourth-order valence-corrected chi connectivity index (χ4v) is 3.45. The lowest BCUT2D eigenvalue weighted by atomic mass is 9.88. The molecule has 0 aliphatic rings. The zero-order valence-electron chi connectivity index (χ0n) is 18.6. The number of unbranched alkanes of at least 4 members (excludes halogenated alkanes) is 1. The first-order chi connectivity index (χ1) is 14.5. The molecule has 0 atom stereocenters. The normalized spacial score (nSPS) is 11.6. The van der Waals surface area contributed by atoms with Gasteiger partial charge in [-0.15, -0.1) is 0 Å². The van der Waals surface area contributed by atoms with E-state index in [2.05, 4.69) is 105 Å². The smallest absolute Gasteiger partial charge is 0.418 e. The molecule has 0 fully saturated rings. The molecule has 0 bridgehead atoms. The van der Waals surface area contributed by atoms with Gasteiger partial charge in [-0.1, -0.05) is 82.6 Å². The first kappa shape index (κ1) is 24.6. The van der Waals surface area contributed by atoms with Crippen LogP contribution in [0.25, 0.3) is 22.4 Å². The van der Waals surface area contributed by atoms with Crippen LogP contribution in [0.15, 0.2) is 72.8 Å². The summed E-state index contributed by atoms with van der Waals surface area (Å²) < 4.78 is 41.5. The number of pyridine rings is 1. The minimum Gasteiger partial charge on any atom is -0.418 e. The van der Waals surface area contributed by atoms with Crippen LogP contribution in [0.1, 0.15) is 46.2 Å². The van der Waals surface area contributed by atoms with E-state index in [0.717, 1.165) is 6.54 Å². The molecule has 0 radical (unpaired) electrons.